The summed E-state index contributed by atoms with van der Waals surface area (Å²) in [5, 5.41) is 3.87. The molecule has 18 heavy (non-hydrogen) atoms. The Morgan fingerprint density at radius 2 is 1.94 bits per heavy atom. The zero-order valence-electron chi connectivity index (χ0n) is 12.2. The van der Waals surface area contributed by atoms with Crippen molar-refractivity contribution < 1.29 is 0 Å². The van der Waals surface area contributed by atoms with Crippen molar-refractivity contribution in [2.24, 2.45) is 17.3 Å². The summed E-state index contributed by atoms with van der Waals surface area (Å²) in [7, 11) is 0. The fourth-order valence-corrected chi connectivity index (χ4v) is 4.71. The van der Waals surface area contributed by atoms with Gasteiger partial charge in [0.1, 0.15) is 0 Å². The maximum Gasteiger partial charge on any atom is 0.00684 e. The molecule has 0 saturated heterocycles. The van der Waals surface area contributed by atoms with Crippen molar-refractivity contribution in [1.82, 2.24) is 5.32 Å². The normalized spacial score (nSPS) is 38.5. The van der Waals surface area contributed by atoms with Gasteiger partial charge >= 0.3 is 0 Å². The van der Waals surface area contributed by atoms with E-state index in [0.717, 1.165) is 23.3 Å². The quantitative estimate of drug-likeness (QED) is 0.624. The molecule has 0 amide bonds. The predicted molar refractivity (Wildman–Crippen MR) is 77.7 cm³/mol. The molecule has 1 N–H and O–H groups in total. The molecular weight excluding hydrogens is 218 g/mol. The summed E-state index contributed by atoms with van der Waals surface area (Å²) in [6.45, 7) is 3.67. The van der Waals surface area contributed by atoms with Gasteiger partial charge in [-0.3, -0.25) is 0 Å². The van der Waals surface area contributed by atoms with E-state index in [9.17, 15) is 0 Å². The fraction of sp³-hybridized carbons (Fsp3) is 1.00. The first-order chi connectivity index (χ1) is 8.82. The number of hydrogen-bond acceptors (Lipinski definition) is 1. The van der Waals surface area contributed by atoms with Crippen LogP contribution in [0.2, 0.25) is 0 Å². The van der Waals surface area contributed by atoms with Crippen LogP contribution in [-0.2, 0) is 0 Å². The lowest BCUT2D eigenvalue weighted by atomic mass is 9.69. The Labute approximate surface area is 113 Å². The molecule has 3 aliphatic rings. The van der Waals surface area contributed by atoms with Crippen molar-refractivity contribution in [2.45, 2.75) is 83.6 Å². The smallest absolute Gasteiger partial charge is 0.00684 e. The van der Waals surface area contributed by atoms with Crippen molar-refractivity contribution in [2.75, 3.05) is 6.54 Å². The minimum Gasteiger partial charge on any atom is -0.313 e. The van der Waals surface area contributed by atoms with Gasteiger partial charge in [-0.2, -0.15) is 0 Å². The van der Waals surface area contributed by atoms with Gasteiger partial charge in [-0.05, 0) is 55.8 Å². The molecule has 0 heterocycles. The van der Waals surface area contributed by atoms with Gasteiger partial charge < -0.3 is 5.32 Å². The maximum atomic E-state index is 3.87. The predicted octanol–water partition coefficient (Wildman–Crippen LogP) is 4.52. The average Bonchev–Trinajstić information content (AvgIpc) is 3.01. The topological polar surface area (TPSA) is 12.0 Å². The highest BCUT2D eigenvalue weighted by atomic mass is 15.0. The average molecular weight is 249 g/mol. The summed E-state index contributed by atoms with van der Waals surface area (Å²) in [4.78, 5) is 0. The molecule has 1 heteroatoms. The Hall–Kier alpha value is -0.0400. The second-order valence-electron chi connectivity index (χ2n) is 7.41. The first-order valence-corrected chi connectivity index (χ1v) is 8.56. The Balaban J connectivity index is 1.53. The highest BCUT2D eigenvalue weighted by Crippen LogP contribution is 2.58. The zero-order chi connectivity index (χ0) is 12.4. The highest BCUT2D eigenvalue weighted by Gasteiger charge is 2.50. The van der Waals surface area contributed by atoms with Gasteiger partial charge in [0, 0.05) is 12.6 Å². The SMILES string of the molecule is CCCCCCC1(CNC2CC2)CC2CCC1C2. The van der Waals surface area contributed by atoms with E-state index in [1.807, 2.05) is 0 Å². The van der Waals surface area contributed by atoms with Crippen LogP contribution in [0, 0.1) is 17.3 Å². The van der Waals surface area contributed by atoms with E-state index in [0.29, 0.717) is 0 Å². The second-order valence-corrected chi connectivity index (χ2v) is 7.41. The van der Waals surface area contributed by atoms with Gasteiger partial charge in [0.05, 0.1) is 0 Å². The van der Waals surface area contributed by atoms with Gasteiger partial charge in [-0.15, -0.1) is 0 Å². The molecule has 0 aromatic rings. The van der Waals surface area contributed by atoms with Crippen LogP contribution in [0.1, 0.15) is 77.6 Å². The molecule has 3 fully saturated rings. The number of nitrogens with one attached hydrogen (secondary N) is 1. The van der Waals surface area contributed by atoms with E-state index < -0.39 is 0 Å². The molecule has 3 unspecified atom stereocenters. The van der Waals surface area contributed by atoms with Gasteiger partial charge in [0.15, 0.2) is 0 Å². The lowest BCUT2D eigenvalue weighted by molar-refractivity contribution is 0.137. The van der Waals surface area contributed by atoms with Gasteiger partial charge in [0.25, 0.3) is 0 Å². The van der Waals surface area contributed by atoms with Crippen molar-refractivity contribution in [3.63, 3.8) is 0 Å². The van der Waals surface area contributed by atoms with Crippen molar-refractivity contribution in [1.29, 1.82) is 0 Å². The van der Waals surface area contributed by atoms with Crippen LogP contribution in [0.5, 0.6) is 0 Å². The third-order valence-electron chi connectivity index (χ3n) is 5.95. The molecule has 3 aliphatic carbocycles. The summed E-state index contributed by atoms with van der Waals surface area (Å²) in [6.07, 6.45) is 16.4. The van der Waals surface area contributed by atoms with Crippen LogP contribution in [0.25, 0.3) is 0 Å². The monoisotopic (exact) mass is 249 g/mol. The molecule has 3 atom stereocenters. The number of rotatable bonds is 8. The van der Waals surface area contributed by atoms with Crippen molar-refractivity contribution >= 4 is 0 Å². The molecule has 104 valence electrons. The zero-order valence-corrected chi connectivity index (χ0v) is 12.2. The highest BCUT2D eigenvalue weighted by molar-refractivity contribution is 5.02. The third-order valence-corrected chi connectivity index (χ3v) is 5.95. The summed E-state index contributed by atoms with van der Waals surface area (Å²) in [5.74, 6) is 2.18. The van der Waals surface area contributed by atoms with E-state index in [1.165, 1.54) is 51.5 Å². The molecule has 3 saturated carbocycles. The van der Waals surface area contributed by atoms with E-state index in [2.05, 4.69) is 12.2 Å². The number of unbranched alkanes of at least 4 members (excludes halogenated alkanes) is 3. The second kappa shape index (κ2) is 5.53. The molecule has 2 bridgehead atoms. The molecule has 0 radical (unpaired) electrons. The number of hydrogen-bond donors (Lipinski definition) is 1. The standard InChI is InChI=1S/C17H31N/c1-2-3-4-5-10-17(13-18-16-8-9-16)12-14-6-7-15(17)11-14/h14-16,18H,2-13H2,1H3. The summed E-state index contributed by atoms with van der Waals surface area (Å²) in [5.41, 5.74) is 0.721. The Kier molecular flexibility index (Phi) is 3.98. The fourth-order valence-electron chi connectivity index (χ4n) is 4.71. The Morgan fingerprint density at radius 1 is 1.06 bits per heavy atom. The van der Waals surface area contributed by atoms with E-state index >= 15 is 0 Å². The van der Waals surface area contributed by atoms with Crippen LogP contribution < -0.4 is 5.32 Å². The lowest BCUT2D eigenvalue weighted by Crippen LogP contribution is -2.39. The van der Waals surface area contributed by atoms with Crippen LogP contribution in [0.3, 0.4) is 0 Å². The van der Waals surface area contributed by atoms with Crippen molar-refractivity contribution in [3.05, 3.63) is 0 Å². The van der Waals surface area contributed by atoms with Crippen LogP contribution in [0.15, 0.2) is 0 Å². The van der Waals surface area contributed by atoms with E-state index in [-0.39, 0.29) is 0 Å². The van der Waals surface area contributed by atoms with Crippen LogP contribution >= 0.6 is 0 Å². The first-order valence-electron chi connectivity index (χ1n) is 8.56. The number of fused-ring (bicyclic) bond motifs is 2. The molecule has 3 rings (SSSR count). The summed E-state index contributed by atoms with van der Waals surface area (Å²) < 4.78 is 0. The first kappa shape index (κ1) is 13.0. The minimum absolute atomic E-state index is 0.721. The van der Waals surface area contributed by atoms with E-state index in [1.54, 1.807) is 25.7 Å². The third kappa shape index (κ3) is 2.76. The molecule has 0 spiro atoms. The van der Waals surface area contributed by atoms with Gasteiger partial charge in [-0.25, -0.2) is 0 Å². The summed E-state index contributed by atoms with van der Waals surface area (Å²) >= 11 is 0. The van der Waals surface area contributed by atoms with Gasteiger partial charge in [-0.1, -0.05) is 39.0 Å². The van der Waals surface area contributed by atoms with Gasteiger partial charge in [0.2, 0.25) is 0 Å². The molecule has 0 aliphatic heterocycles. The molecular formula is C17H31N. The minimum atomic E-state index is 0.721. The van der Waals surface area contributed by atoms with Crippen LogP contribution in [-0.4, -0.2) is 12.6 Å². The molecule has 0 aromatic carbocycles. The summed E-state index contributed by atoms with van der Waals surface area (Å²) in [6, 6.07) is 0.900. The van der Waals surface area contributed by atoms with Crippen molar-refractivity contribution in [3.8, 4) is 0 Å². The Bertz CT molecular complexity index is 271. The largest absolute Gasteiger partial charge is 0.313 e. The van der Waals surface area contributed by atoms with E-state index in [4.69, 9.17) is 0 Å². The maximum absolute atomic E-state index is 3.87. The van der Waals surface area contributed by atoms with Crippen LogP contribution in [0.4, 0.5) is 0 Å². The molecule has 0 aromatic heterocycles. The lowest BCUT2D eigenvalue weighted by Gasteiger charge is -2.38. The molecule has 1 nitrogen and oxygen atoms in total. The Morgan fingerprint density at radius 3 is 2.56 bits per heavy atom.